The smallest absolute Gasteiger partial charge is 0.0555 e. The predicted molar refractivity (Wildman–Crippen MR) is 78.7 cm³/mol. The lowest BCUT2D eigenvalue weighted by molar-refractivity contribution is 0.0575. The fraction of sp³-hybridized carbons (Fsp3) is 1.00. The Morgan fingerprint density at radius 3 is 2.00 bits per heavy atom. The molecule has 0 aliphatic heterocycles. The summed E-state index contributed by atoms with van der Waals surface area (Å²) < 4.78 is 0. The van der Waals surface area contributed by atoms with Gasteiger partial charge in [-0.25, -0.2) is 0 Å². The van der Waals surface area contributed by atoms with E-state index in [4.69, 9.17) is 0 Å². The van der Waals surface area contributed by atoms with E-state index in [1.54, 1.807) is 0 Å². The average Bonchev–Trinajstić information content (AvgIpc) is 2.28. The quantitative estimate of drug-likeness (QED) is 0.750. The molecule has 0 aromatic heterocycles. The molecular weight excluding hydrogens is 222 g/mol. The molecule has 0 aromatic carbocycles. The molecule has 0 aromatic rings. The minimum absolute atomic E-state index is 0.0515. The van der Waals surface area contributed by atoms with Crippen LogP contribution in [0.1, 0.15) is 66.2 Å². The number of nitrogens with zero attached hydrogens (tertiary/aromatic N) is 1. The van der Waals surface area contributed by atoms with Crippen molar-refractivity contribution in [1.29, 1.82) is 0 Å². The first-order valence-electron chi connectivity index (χ1n) is 7.91. The molecule has 2 heteroatoms. The molecule has 18 heavy (non-hydrogen) atoms. The number of hydrogen-bond acceptors (Lipinski definition) is 2. The van der Waals surface area contributed by atoms with Crippen LogP contribution in [0, 0.1) is 11.8 Å². The van der Waals surface area contributed by atoms with Crippen molar-refractivity contribution >= 4 is 0 Å². The maximum Gasteiger partial charge on any atom is 0.0555 e. The van der Waals surface area contributed by atoms with Crippen molar-refractivity contribution in [1.82, 2.24) is 4.90 Å². The summed E-state index contributed by atoms with van der Waals surface area (Å²) in [5.74, 6) is 1.56. The van der Waals surface area contributed by atoms with Crippen LogP contribution >= 0.6 is 0 Å². The normalized spacial score (nSPS) is 25.3. The molecular formula is C16H33NO. The van der Waals surface area contributed by atoms with Crippen molar-refractivity contribution in [2.45, 2.75) is 78.4 Å². The van der Waals surface area contributed by atoms with Gasteiger partial charge in [0, 0.05) is 6.04 Å². The molecule has 2 atom stereocenters. The van der Waals surface area contributed by atoms with E-state index in [1.807, 2.05) is 0 Å². The highest BCUT2D eigenvalue weighted by Gasteiger charge is 2.25. The lowest BCUT2D eigenvalue weighted by Crippen LogP contribution is -2.42. The summed E-state index contributed by atoms with van der Waals surface area (Å²) >= 11 is 0. The molecule has 0 amide bonds. The van der Waals surface area contributed by atoms with Gasteiger partial charge in [-0.2, -0.15) is 0 Å². The van der Waals surface area contributed by atoms with Crippen LogP contribution in [0.5, 0.6) is 0 Å². The van der Waals surface area contributed by atoms with E-state index in [9.17, 15) is 5.11 Å². The second kappa shape index (κ2) is 8.16. The van der Waals surface area contributed by atoms with Gasteiger partial charge in [-0.05, 0) is 63.5 Å². The van der Waals surface area contributed by atoms with Crippen molar-refractivity contribution in [2.75, 3.05) is 13.1 Å². The molecule has 2 unspecified atom stereocenters. The Kier molecular flexibility index (Phi) is 7.25. The topological polar surface area (TPSA) is 23.5 Å². The number of hydrogen-bond donors (Lipinski definition) is 1. The Labute approximate surface area is 114 Å². The average molecular weight is 255 g/mol. The largest absolute Gasteiger partial charge is 0.393 e. The van der Waals surface area contributed by atoms with E-state index >= 15 is 0 Å². The lowest BCUT2D eigenvalue weighted by atomic mass is 9.91. The Hall–Kier alpha value is -0.0800. The van der Waals surface area contributed by atoms with Gasteiger partial charge in [0.2, 0.25) is 0 Å². The van der Waals surface area contributed by atoms with Gasteiger partial charge in [0.25, 0.3) is 0 Å². The third-order valence-corrected chi connectivity index (χ3v) is 4.12. The van der Waals surface area contributed by atoms with Crippen LogP contribution in [0.3, 0.4) is 0 Å². The van der Waals surface area contributed by atoms with E-state index in [0.717, 1.165) is 24.7 Å². The van der Waals surface area contributed by atoms with Crippen LogP contribution < -0.4 is 0 Å². The van der Waals surface area contributed by atoms with Crippen LogP contribution in [0.4, 0.5) is 0 Å². The number of aliphatic hydroxyl groups excluding tert-OH is 1. The summed E-state index contributed by atoms with van der Waals surface area (Å²) in [7, 11) is 0. The molecule has 0 radical (unpaired) electrons. The van der Waals surface area contributed by atoms with Gasteiger partial charge in [-0.1, -0.05) is 27.7 Å². The molecule has 1 N–H and O–H groups in total. The maximum absolute atomic E-state index is 9.86. The molecule has 0 bridgehead atoms. The van der Waals surface area contributed by atoms with Gasteiger partial charge < -0.3 is 10.0 Å². The fourth-order valence-corrected chi connectivity index (χ4v) is 2.80. The summed E-state index contributed by atoms with van der Waals surface area (Å²) in [4.78, 5) is 2.66. The van der Waals surface area contributed by atoms with Crippen LogP contribution in [-0.2, 0) is 0 Å². The van der Waals surface area contributed by atoms with Gasteiger partial charge in [0.15, 0.2) is 0 Å². The minimum atomic E-state index is -0.0515. The minimum Gasteiger partial charge on any atom is -0.393 e. The molecule has 1 aliphatic carbocycles. The zero-order valence-electron chi connectivity index (χ0n) is 12.9. The molecule has 1 rings (SSSR count). The van der Waals surface area contributed by atoms with Crippen molar-refractivity contribution in [2.24, 2.45) is 11.8 Å². The van der Waals surface area contributed by atoms with Crippen LogP contribution in [-0.4, -0.2) is 35.2 Å². The first-order chi connectivity index (χ1) is 8.49. The molecule has 0 saturated heterocycles. The van der Waals surface area contributed by atoms with Gasteiger partial charge in [0.05, 0.1) is 6.10 Å². The highest BCUT2D eigenvalue weighted by molar-refractivity contribution is 4.80. The number of rotatable bonds is 7. The molecule has 2 nitrogen and oxygen atoms in total. The van der Waals surface area contributed by atoms with Gasteiger partial charge in [-0.3, -0.25) is 0 Å². The SMILES string of the molecule is CC(C)CCN(CCC(C)C)C1CCCC(O)C1. The molecule has 1 saturated carbocycles. The van der Waals surface area contributed by atoms with Gasteiger partial charge >= 0.3 is 0 Å². The number of aliphatic hydroxyl groups is 1. The Balaban J connectivity index is 2.46. The highest BCUT2D eigenvalue weighted by Crippen LogP contribution is 2.24. The predicted octanol–water partition coefficient (Wildman–Crippen LogP) is 3.68. The third kappa shape index (κ3) is 6.19. The highest BCUT2D eigenvalue weighted by atomic mass is 16.3. The van der Waals surface area contributed by atoms with Crippen molar-refractivity contribution in [3.8, 4) is 0 Å². The van der Waals surface area contributed by atoms with Crippen LogP contribution in [0.15, 0.2) is 0 Å². The molecule has 1 fully saturated rings. The van der Waals surface area contributed by atoms with E-state index in [1.165, 1.54) is 38.8 Å². The van der Waals surface area contributed by atoms with Gasteiger partial charge in [0.1, 0.15) is 0 Å². The summed E-state index contributed by atoms with van der Waals surface area (Å²) in [6, 6.07) is 0.631. The monoisotopic (exact) mass is 255 g/mol. The zero-order valence-corrected chi connectivity index (χ0v) is 12.9. The standard InChI is InChI=1S/C16H33NO/c1-13(2)8-10-17(11-9-14(3)4)15-6-5-7-16(18)12-15/h13-16,18H,5-12H2,1-4H3. The fourth-order valence-electron chi connectivity index (χ4n) is 2.80. The van der Waals surface area contributed by atoms with Gasteiger partial charge in [-0.15, -0.1) is 0 Å². The Morgan fingerprint density at radius 1 is 1.00 bits per heavy atom. The second-order valence-corrected chi connectivity index (χ2v) is 6.88. The zero-order chi connectivity index (χ0) is 13.5. The Bertz CT molecular complexity index is 203. The summed E-state index contributed by atoms with van der Waals surface area (Å²) in [5.41, 5.74) is 0. The van der Waals surface area contributed by atoms with Crippen LogP contribution in [0.2, 0.25) is 0 Å². The molecule has 0 spiro atoms. The molecule has 1 aliphatic rings. The van der Waals surface area contributed by atoms with Crippen molar-refractivity contribution in [3.63, 3.8) is 0 Å². The van der Waals surface area contributed by atoms with Crippen molar-refractivity contribution in [3.05, 3.63) is 0 Å². The maximum atomic E-state index is 9.86. The van der Waals surface area contributed by atoms with E-state index in [0.29, 0.717) is 6.04 Å². The molecule has 0 heterocycles. The summed E-state index contributed by atoms with van der Waals surface area (Å²) in [5, 5.41) is 9.86. The van der Waals surface area contributed by atoms with Crippen LogP contribution in [0.25, 0.3) is 0 Å². The third-order valence-electron chi connectivity index (χ3n) is 4.12. The Morgan fingerprint density at radius 2 is 1.56 bits per heavy atom. The first kappa shape index (κ1) is 16.0. The second-order valence-electron chi connectivity index (χ2n) is 6.88. The van der Waals surface area contributed by atoms with E-state index in [-0.39, 0.29) is 6.10 Å². The van der Waals surface area contributed by atoms with Crippen molar-refractivity contribution < 1.29 is 5.11 Å². The first-order valence-corrected chi connectivity index (χ1v) is 7.91. The summed E-state index contributed by atoms with van der Waals surface area (Å²) in [6.07, 6.45) is 7.01. The van der Waals surface area contributed by atoms with E-state index in [2.05, 4.69) is 32.6 Å². The molecule has 108 valence electrons. The summed E-state index contributed by atoms with van der Waals surface area (Å²) in [6.45, 7) is 11.6. The van der Waals surface area contributed by atoms with E-state index < -0.39 is 0 Å². The lowest BCUT2D eigenvalue weighted by Gasteiger charge is -2.37.